The number of rotatable bonds is 8. The number of carbonyl (C=O) groups excluding carboxylic acids is 1. The van der Waals surface area contributed by atoms with Crippen molar-refractivity contribution in [2.24, 2.45) is 11.8 Å². The van der Waals surface area contributed by atoms with E-state index < -0.39 is 17.7 Å². The topological polar surface area (TPSA) is 56.2 Å². The number of methoxy groups -OCH3 is 1. The Bertz CT molecular complexity index is 1040. The van der Waals surface area contributed by atoms with Crippen LogP contribution in [0, 0.1) is 23.5 Å². The van der Waals surface area contributed by atoms with E-state index in [1.807, 2.05) is 16.3 Å². The molecule has 2 atom stereocenters. The summed E-state index contributed by atoms with van der Waals surface area (Å²) in [7, 11) is 1.69. The Morgan fingerprint density at radius 2 is 1.72 bits per heavy atom. The molecule has 3 fully saturated rings. The molecular weight excluding hydrogens is 480 g/mol. The van der Waals surface area contributed by atoms with E-state index in [-0.39, 0.29) is 24.0 Å². The van der Waals surface area contributed by atoms with Crippen LogP contribution in [0.2, 0.25) is 0 Å². The van der Waals surface area contributed by atoms with Crippen molar-refractivity contribution in [2.45, 2.75) is 95.2 Å². The van der Waals surface area contributed by atoms with Crippen molar-refractivity contribution in [1.82, 2.24) is 14.9 Å². The van der Waals surface area contributed by atoms with Crippen molar-refractivity contribution in [2.75, 3.05) is 18.6 Å². The summed E-state index contributed by atoms with van der Waals surface area (Å²) in [6, 6.07) is 2.05. The number of nitrogens with one attached hydrogen (secondary N) is 1. The zero-order valence-corrected chi connectivity index (χ0v) is 22.1. The van der Waals surface area contributed by atoms with Gasteiger partial charge < -0.3 is 14.6 Å². The number of ether oxygens (including phenoxy) is 1. The van der Waals surface area contributed by atoms with Gasteiger partial charge in [-0.2, -0.15) is 11.8 Å². The van der Waals surface area contributed by atoms with Crippen LogP contribution in [-0.2, 0) is 9.53 Å². The molecule has 198 valence electrons. The summed E-state index contributed by atoms with van der Waals surface area (Å²) < 4.78 is 36.8. The second-order valence-corrected chi connectivity index (χ2v) is 12.2. The zero-order valence-electron chi connectivity index (χ0n) is 21.3. The summed E-state index contributed by atoms with van der Waals surface area (Å²) in [5, 5.41) is 3.31. The van der Waals surface area contributed by atoms with Gasteiger partial charge in [-0.1, -0.05) is 32.1 Å². The SMILES string of the molecule is COC(c1nc2cc(F)c(F)cc2n1C(CC1CCSCC1)C(=O)NC1CCCC1)C1CCCCC1. The Kier molecular flexibility index (Phi) is 8.51. The largest absolute Gasteiger partial charge is 0.373 e. The molecule has 0 radical (unpaired) electrons. The number of nitrogens with zero attached hydrogens (tertiary/aromatic N) is 2. The number of imidazole rings is 1. The van der Waals surface area contributed by atoms with Gasteiger partial charge in [-0.3, -0.25) is 4.79 Å². The number of thioether (sulfide) groups is 1. The second kappa shape index (κ2) is 11.8. The molecule has 2 heterocycles. The molecule has 0 bridgehead atoms. The predicted molar refractivity (Wildman–Crippen MR) is 140 cm³/mol. The number of aromatic nitrogens is 2. The van der Waals surface area contributed by atoms with Gasteiger partial charge >= 0.3 is 0 Å². The molecule has 2 unspecified atom stereocenters. The van der Waals surface area contributed by atoms with E-state index in [2.05, 4.69) is 5.32 Å². The quantitative estimate of drug-likeness (QED) is 0.421. The molecule has 1 saturated heterocycles. The van der Waals surface area contributed by atoms with Crippen molar-refractivity contribution in [3.05, 3.63) is 29.6 Å². The maximum atomic E-state index is 14.6. The van der Waals surface area contributed by atoms with Crippen molar-refractivity contribution >= 4 is 28.7 Å². The standard InChI is InChI=1S/C28H39F2N3O2S/c1-35-26(19-7-3-2-4-8-19)27-32-23-16-21(29)22(30)17-24(23)33(27)25(15-18-11-13-36-14-12-18)28(34)31-20-9-5-6-10-20/h16-20,25-26H,2-15H2,1H3,(H,31,34). The number of hydrogen-bond acceptors (Lipinski definition) is 4. The number of benzene rings is 1. The Morgan fingerprint density at radius 1 is 1.06 bits per heavy atom. The molecule has 1 aromatic carbocycles. The monoisotopic (exact) mass is 519 g/mol. The highest BCUT2D eigenvalue weighted by molar-refractivity contribution is 7.99. The summed E-state index contributed by atoms with van der Waals surface area (Å²) in [5.41, 5.74) is 0.873. The highest BCUT2D eigenvalue weighted by Crippen LogP contribution is 2.40. The molecule has 8 heteroatoms. The van der Waals surface area contributed by atoms with Crippen LogP contribution in [0.5, 0.6) is 0 Å². The normalized spacial score (nSPS) is 22.2. The minimum atomic E-state index is -0.915. The van der Waals surface area contributed by atoms with Crippen molar-refractivity contribution in [3.8, 4) is 0 Å². The van der Waals surface area contributed by atoms with Gasteiger partial charge in [0, 0.05) is 25.3 Å². The average molecular weight is 520 g/mol. The summed E-state index contributed by atoms with van der Waals surface area (Å²) in [6.07, 6.45) is 12.3. The van der Waals surface area contributed by atoms with E-state index in [1.54, 1.807) is 7.11 Å². The third kappa shape index (κ3) is 5.59. The number of halogens is 2. The van der Waals surface area contributed by atoms with Gasteiger partial charge in [-0.15, -0.1) is 0 Å². The number of hydrogen-bond donors (Lipinski definition) is 1. The maximum Gasteiger partial charge on any atom is 0.243 e. The first-order valence-corrected chi connectivity index (χ1v) is 15.0. The van der Waals surface area contributed by atoms with Crippen LogP contribution in [0.1, 0.15) is 95.0 Å². The van der Waals surface area contributed by atoms with Crippen LogP contribution in [0.3, 0.4) is 0 Å². The minimum Gasteiger partial charge on any atom is -0.373 e. The smallest absolute Gasteiger partial charge is 0.243 e. The first-order valence-electron chi connectivity index (χ1n) is 13.8. The van der Waals surface area contributed by atoms with Crippen molar-refractivity contribution < 1.29 is 18.3 Å². The third-order valence-electron chi connectivity index (χ3n) is 8.56. The van der Waals surface area contributed by atoms with Crippen LogP contribution in [0.15, 0.2) is 12.1 Å². The van der Waals surface area contributed by atoms with E-state index in [1.165, 1.54) is 18.6 Å². The Hall–Kier alpha value is -1.67. The number of carbonyl (C=O) groups is 1. The second-order valence-electron chi connectivity index (χ2n) is 10.9. The van der Waals surface area contributed by atoms with Gasteiger partial charge in [0.15, 0.2) is 11.6 Å². The molecule has 2 aromatic rings. The minimum absolute atomic E-state index is 0.0242. The zero-order chi connectivity index (χ0) is 25.1. The molecule has 1 aromatic heterocycles. The molecule has 2 saturated carbocycles. The van der Waals surface area contributed by atoms with Crippen LogP contribution in [0.4, 0.5) is 8.78 Å². The van der Waals surface area contributed by atoms with Crippen LogP contribution in [-0.4, -0.2) is 40.1 Å². The van der Waals surface area contributed by atoms with Crippen LogP contribution < -0.4 is 5.32 Å². The molecule has 36 heavy (non-hydrogen) atoms. The van der Waals surface area contributed by atoms with Gasteiger partial charge in [-0.25, -0.2) is 13.8 Å². The van der Waals surface area contributed by atoms with Crippen molar-refractivity contribution in [1.29, 1.82) is 0 Å². The molecule has 1 aliphatic heterocycles. The fraction of sp³-hybridized carbons (Fsp3) is 0.714. The molecule has 5 rings (SSSR count). The van der Waals surface area contributed by atoms with Gasteiger partial charge in [0.25, 0.3) is 0 Å². The van der Waals surface area contributed by atoms with Gasteiger partial charge in [0.1, 0.15) is 18.0 Å². The first-order chi connectivity index (χ1) is 17.5. The Labute approximate surface area is 217 Å². The number of fused-ring (bicyclic) bond motifs is 1. The highest BCUT2D eigenvalue weighted by atomic mass is 32.2. The van der Waals surface area contributed by atoms with E-state index in [0.29, 0.717) is 29.2 Å². The average Bonchev–Trinajstić information content (AvgIpc) is 3.53. The number of amides is 1. The van der Waals surface area contributed by atoms with Crippen molar-refractivity contribution in [3.63, 3.8) is 0 Å². The summed E-state index contributed by atoms with van der Waals surface area (Å²) >= 11 is 1.96. The molecule has 3 aliphatic rings. The van der Waals surface area contributed by atoms with Crippen LogP contribution in [0.25, 0.3) is 11.0 Å². The van der Waals surface area contributed by atoms with Gasteiger partial charge in [-0.05, 0) is 68.3 Å². The molecular formula is C28H39F2N3O2S. The summed E-state index contributed by atoms with van der Waals surface area (Å²) in [6.45, 7) is 0. The van der Waals surface area contributed by atoms with E-state index in [9.17, 15) is 13.6 Å². The van der Waals surface area contributed by atoms with Gasteiger partial charge in [0.2, 0.25) is 5.91 Å². The molecule has 2 aliphatic carbocycles. The predicted octanol–water partition coefficient (Wildman–Crippen LogP) is 6.72. The van der Waals surface area contributed by atoms with E-state index in [4.69, 9.17) is 9.72 Å². The lowest BCUT2D eigenvalue weighted by Crippen LogP contribution is -2.40. The molecule has 5 nitrogen and oxygen atoms in total. The lowest BCUT2D eigenvalue weighted by molar-refractivity contribution is -0.125. The maximum absolute atomic E-state index is 14.6. The molecule has 0 spiro atoms. The third-order valence-corrected chi connectivity index (χ3v) is 9.61. The summed E-state index contributed by atoms with van der Waals surface area (Å²) in [4.78, 5) is 18.8. The van der Waals surface area contributed by atoms with Crippen LogP contribution >= 0.6 is 11.8 Å². The lowest BCUT2D eigenvalue weighted by atomic mass is 9.84. The molecule has 1 amide bonds. The fourth-order valence-corrected chi connectivity index (χ4v) is 7.78. The highest BCUT2D eigenvalue weighted by Gasteiger charge is 2.36. The Balaban J connectivity index is 1.59. The summed E-state index contributed by atoms with van der Waals surface area (Å²) in [5.74, 6) is 1.68. The fourth-order valence-electron chi connectivity index (χ4n) is 6.58. The van der Waals surface area contributed by atoms with E-state index in [0.717, 1.165) is 75.7 Å². The first kappa shape index (κ1) is 26.0. The van der Waals surface area contributed by atoms with Gasteiger partial charge in [0.05, 0.1) is 11.0 Å². The Morgan fingerprint density at radius 3 is 2.42 bits per heavy atom. The molecule has 1 N–H and O–H groups in total. The lowest BCUT2D eigenvalue weighted by Gasteiger charge is -2.33. The van der Waals surface area contributed by atoms with E-state index >= 15 is 0 Å².